The number of aliphatic hydroxyl groups excluding tert-OH is 3. The minimum absolute atomic E-state index is 0. The Labute approximate surface area is 450 Å². The Kier molecular flexibility index (Phi) is 19.4. The number of ketones is 4. The third kappa shape index (κ3) is 10.9. The largest absolute Gasteiger partial charge is 1.00 e. The van der Waals surface area contributed by atoms with Crippen molar-refractivity contribution in [3.8, 4) is 0 Å². The molecule has 8 aliphatic carbocycles. The maximum atomic E-state index is 13.1. The second-order valence-electron chi connectivity index (χ2n) is 21.8. The second-order valence-corrected chi connectivity index (χ2v) is 21.8. The summed E-state index contributed by atoms with van der Waals surface area (Å²) in [6.45, 7) is 6.87. The summed E-state index contributed by atoms with van der Waals surface area (Å²) in [6, 6.07) is 0. The Bertz CT molecular complexity index is 2110. The molecule has 8 N–H and O–H groups in total. The molecular formula is C50H72Na2O17. The summed E-state index contributed by atoms with van der Waals surface area (Å²) >= 11 is 0. The van der Waals surface area contributed by atoms with Crippen molar-refractivity contribution in [2.75, 3.05) is 13.2 Å². The first kappa shape index (κ1) is 59.4. The van der Waals surface area contributed by atoms with Gasteiger partial charge in [-0.05, 0) is 136 Å². The van der Waals surface area contributed by atoms with Crippen LogP contribution in [0.1, 0.15) is 146 Å². The molecule has 8 rings (SSSR count). The smallest absolute Gasteiger partial charge is 1.00 e. The molecule has 0 aromatic rings. The molecule has 0 spiro atoms. The van der Waals surface area contributed by atoms with E-state index in [1.54, 1.807) is 12.2 Å². The van der Waals surface area contributed by atoms with Crippen LogP contribution in [0.15, 0.2) is 23.3 Å². The van der Waals surface area contributed by atoms with Crippen LogP contribution in [0.4, 0.5) is 0 Å². The Morgan fingerprint density at radius 2 is 0.971 bits per heavy atom. The Hall–Kier alpha value is -2.16. The first-order chi connectivity index (χ1) is 31.2. The molecule has 0 aromatic heterocycles. The summed E-state index contributed by atoms with van der Waals surface area (Å²) in [4.78, 5) is 91.0. The van der Waals surface area contributed by atoms with E-state index in [2.05, 4.69) is 13.8 Å². The van der Waals surface area contributed by atoms with Crippen molar-refractivity contribution < 1.29 is 146 Å². The maximum absolute atomic E-state index is 13.1. The average molecular weight is 991 g/mol. The molecule has 8 aliphatic rings. The van der Waals surface area contributed by atoms with Crippen molar-refractivity contribution in [2.45, 2.75) is 167 Å². The standard InChI is InChI=1S/C25H34O8.C21H30O5.C4H6O4.2Na.2H/c1-23-9-7-15(26)11-14(23)3-4-16-17-8-10-25(32,24(17,2)12-18(27)22(16)23)19(28)13-33-21(31)6-5-20(29)30;1-19-7-5-13(23)9-12(19)3-4-14-15-6-8-21(26,17(25)11-22)20(15,2)10-16(24)18(14)19;5-3(6)1-2-4(7)8;;;;/h11,16-18,22,27,32H,3-10,12-13H2,1-2H3,(H,29,30);9,14-16,18,22,24,26H,3-8,10-11H2,1-2H3;1-2H2,(H,5,6)(H,7,8);;;;/q;;;2*+1;2*-1/t16-,17-,18-,22+,23-,24-,25-;14-,15-,16-,18+,19-,20-,21-;;;;;/m00...../s1. The number of fused-ring (bicyclic) bond motifs is 10. The summed E-state index contributed by atoms with van der Waals surface area (Å²) in [5.41, 5.74) is -2.91. The topological polar surface area (TPSA) is 308 Å². The molecule has 6 saturated carbocycles. The number of Topliss-reactive ketones (excluding diaryl/α,β-unsaturated/α-hetero) is 2. The summed E-state index contributed by atoms with van der Waals surface area (Å²) in [5.74, 6) is -4.22. The van der Waals surface area contributed by atoms with Crippen LogP contribution in [0.25, 0.3) is 0 Å². The molecule has 0 bridgehead atoms. The Morgan fingerprint density at radius 1 is 0.594 bits per heavy atom. The minimum atomic E-state index is -1.71. The number of hydrogen-bond acceptors (Lipinski definition) is 14. The zero-order chi connectivity index (χ0) is 49.7. The summed E-state index contributed by atoms with van der Waals surface area (Å²) in [7, 11) is 0. The van der Waals surface area contributed by atoms with E-state index in [-0.39, 0.29) is 158 Å². The molecule has 0 amide bonds. The molecule has 14 atom stereocenters. The average Bonchev–Trinajstić information content (AvgIpc) is 3.69. The number of carboxylic acid groups (broad SMARTS) is 3. The molecular weight excluding hydrogens is 919 g/mol. The van der Waals surface area contributed by atoms with Crippen LogP contribution in [0.2, 0.25) is 0 Å². The van der Waals surface area contributed by atoms with Gasteiger partial charge in [0.15, 0.2) is 24.0 Å². The molecule has 0 unspecified atom stereocenters. The number of hydrogen-bond donors (Lipinski definition) is 8. The van der Waals surface area contributed by atoms with Gasteiger partial charge in [0.1, 0.15) is 17.8 Å². The van der Waals surface area contributed by atoms with Crippen molar-refractivity contribution in [1.82, 2.24) is 0 Å². The van der Waals surface area contributed by atoms with Gasteiger partial charge in [0, 0.05) is 23.7 Å². The molecule has 69 heavy (non-hydrogen) atoms. The van der Waals surface area contributed by atoms with E-state index in [1.165, 1.54) is 5.57 Å². The van der Waals surface area contributed by atoms with Crippen LogP contribution >= 0.6 is 0 Å². The molecule has 0 saturated heterocycles. The van der Waals surface area contributed by atoms with Crippen molar-refractivity contribution in [2.24, 2.45) is 57.2 Å². The van der Waals surface area contributed by atoms with Crippen LogP contribution in [0, 0.1) is 57.2 Å². The second kappa shape index (κ2) is 22.5. The van der Waals surface area contributed by atoms with E-state index >= 15 is 0 Å². The monoisotopic (exact) mass is 990 g/mol. The van der Waals surface area contributed by atoms with Crippen LogP contribution in [-0.2, 0) is 43.1 Å². The molecule has 0 aliphatic heterocycles. The van der Waals surface area contributed by atoms with Gasteiger partial charge < -0.3 is 48.4 Å². The van der Waals surface area contributed by atoms with Crippen molar-refractivity contribution in [1.29, 1.82) is 0 Å². The number of ether oxygens (including phenoxy) is 1. The number of carbonyl (C=O) groups is 8. The molecule has 0 aromatic carbocycles. The number of allylic oxidation sites excluding steroid dienone is 2. The number of carboxylic acids is 3. The van der Waals surface area contributed by atoms with Gasteiger partial charge in [0.05, 0.1) is 37.9 Å². The molecule has 17 nitrogen and oxygen atoms in total. The molecule has 376 valence electrons. The van der Waals surface area contributed by atoms with Crippen LogP contribution in [-0.4, -0.2) is 124 Å². The fourth-order valence-electron chi connectivity index (χ4n) is 15.2. The van der Waals surface area contributed by atoms with Crippen molar-refractivity contribution in [3.05, 3.63) is 23.3 Å². The first-order valence-corrected chi connectivity index (χ1v) is 24.0. The van der Waals surface area contributed by atoms with E-state index in [0.29, 0.717) is 32.1 Å². The van der Waals surface area contributed by atoms with Crippen LogP contribution in [0.3, 0.4) is 0 Å². The van der Waals surface area contributed by atoms with E-state index in [9.17, 15) is 63.9 Å². The quantitative estimate of drug-likeness (QED) is 0.0832. The fraction of sp³-hybridized carbons (Fsp3) is 0.760. The number of carbonyl (C=O) groups excluding carboxylic acids is 5. The zero-order valence-corrected chi connectivity index (χ0v) is 45.2. The predicted octanol–water partition coefficient (Wildman–Crippen LogP) is -1.85. The maximum Gasteiger partial charge on any atom is 1.00 e. The third-order valence-electron chi connectivity index (χ3n) is 18.6. The van der Waals surface area contributed by atoms with Gasteiger partial charge in [0.2, 0.25) is 5.78 Å². The van der Waals surface area contributed by atoms with Gasteiger partial charge in [-0.2, -0.15) is 0 Å². The fourth-order valence-corrected chi connectivity index (χ4v) is 15.2. The van der Waals surface area contributed by atoms with Gasteiger partial charge in [-0.1, -0.05) is 38.8 Å². The van der Waals surface area contributed by atoms with Crippen molar-refractivity contribution >= 4 is 47.0 Å². The third-order valence-corrected chi connectivity index (χ3v) is 18.6. The Balaban J connectivity index is 0.000000409. The number of rotatable bonds is 11. The first-order valence-electron chi connectivity index (χ1n) is 24.0. The van der Waals surface area contributed by atoms with Gasteiger partial charge >= 0.3 is 83.0 Å². The molecule has 19 heteroatoms. The normalized spacial score (nSPS) is 40.1. The number of aliphatic hydroxyl groups is 5. The van der Waals surface area contributed by atoms with Gasteiger partial charge in [0.25, 0.3) is 0 Å². The van der Waals surface area contributed by atoms with Crippen LogP contribution < -0.4 is 59.1 Å². The predicted molar refractivity (Wildman–Crippen MR) is 238 cm³/mol. The van der Waals surface area contributed by atoms with E-state index in [1.807, 2.05) is 13.8 Å². The Morgan fingerprint density at radius 3 is 1.35 bits per heavy atom. The van der Waals surface area contributed by atoms with E-state index in [0.717, 1.165) is 50.5 Å². The summed E-state index contributed by atoms with van der Waals surface area (Å²) in [6.07, 6.45) is 9.44. The SMILES string of the molecule is C[C@]12CCC(=O)C=C1CC[C@@H]1[C@@H]2[C@@H](O)C[C@@]2(C)[C@H]1CC[C@]2(O)C(=O)CO.C[C@]12CCC(=O)C=C1CC[C@@H]1[C@@H]2[C@@H](O)C[C@@]2(C)[C@H]1CC[C@]2(O)C(=O)COC(=O)CCC(=O)O.O=C(O)CCC(=O)O.[H-].[H-].[Na+].[Na+]. The van der Waals surface area contributed by atoms with E-state index in [4.69, 9.17) is 20.1 Å². The van der Waals surface area contributed by atoms with Gasteiger partial charge in [-0.15, -0.1) is 0 Å². The molecule has 6 fully saturated rings. The number of aliphatic carboxylic acids is 3. The summed E-state index contributed by atoms with van der Waals surface area (Å²) < 4.78 is 4.97. The molecule has 0 heterocycles. The summed E-state index contributed by atoms with van der Waals surface area (Å²) in [5, 5.41) is 79.2. The zero-order valence-electron chi connectivity index (χ0n) is 43.2. The van der Waals surface area contributed by atoms with Crippen LogP contribution in [0.5, 0.6) is 0 Å². The minimum Gasteiger partial charge on any atom is -1.00 e. The van der Waals surface area contributed by atoms with Gasteiger partial charge in [-0.3, -0.25) is 38.4 Å². The number of esters is 1. The van der Waals surface area contributed by atoms with E-state index < -0.39 is 82.9 Å². The van der Waals surface area contributed by atoms with Gasteiger partial charge in [-0.25, -0.2) is 0 Å². The molecule has 0 radical (unpaired) electrons. The van der Waals surface area contributed by atoms with Crippen molar-refractivity contribution in [3.63, 3.8) is 0 Å².